The summed E-state index contributed by atoms with van der Waals surface area (Å²) in [6.45, 7) is 11.5. The predicted octanol–water partition coefficient (Wildman–Crippen LogP) is 2.93. The van der Waals surface area contributed by atoms with Crippen LogP contribution in [-0.4, -0.2) is 11.6 Å². The molecule has 0 heterocycles. The van der Waals surface area contributed by atoms with Crippen LogP contribution in [0.3, 0.4) is 0 Å². The van der Waals surface area contributed by atoms with Gasteiger partial charge in [0.05, 0.1) is 0 Å². The number of carbonyl (C=O) groups excluding carboxylic acids is 1. The summed E-state index contributed by atoms with van der Waals surface area (Å²) in [4.78, 5) is 10.7. The Hall–Kier alpha value is -0.790. The summed E-state index contributed by atoms with van der Waals surface area (Å²) in [5, 5.41) is 0. The lowest BCUT2D eigenvalue weighted by Gasteiger charge is -2.22. The third kappa shape index (κ3) is 7.57. The van der Waals surface area contributed by atoms with Crippen molar-refractivity contribution in [3.8, 4) is 0 Å². The van der Waals surface area contributed by atoms with E-state index in [4.69, 9.17) is 4.74 Å². The van der Waals surface area contributed by atoms with Crippen LogP contribution < -0.4 is 0 Å². The van der Waals surface area contributed by atoms with E-state index in [2.05, 4.69) is 26.8 Å². The molecule has 0 unspecified atom stereocenters. The van der Waals surface area contributed by atoms with E-state index in [9.17, 15) is 4.79 Å². The predicted molar refractivity (Wildman–Crippen MR) is 54.4 cm³/mol. The maximum Gasteiger partial charge on any atom is 0.303 e. The van der Waals surface area contributed by atoms with Gasteiger partial charge in [0.2, 0.25) is 0 Å². The molecule has 0 fully saturated rings. The van der Waals surface area contributed by atoms with Crippen molar-refractivity contribution < 1.29 is 9.53 Å². The average Bonchev–Trinajstić information content (AvgIpc) is 1.79. The standard InChI is InChI=1S/C11H20O2/c1-9(12)13-11(5,6)8-7-10(2,3)4/h7-8H,1-6H3. The van der Waals surface area contributed by atoms with E-state index in [1.807, 2.05) is 19.9 Å². The summed E-state index contributed by atoms with van der Waals surface area (Å²) >= 11 is 0. The van der Waals surface area contributed by atoms with Crippen LogP contribution in [0.4, 0.5) is 0 Å². The van der Waals surface area contributed by atoms with E-state index in [-0.39, 0.29) is 11.4 Å². The molecule has 2 nitrogen and oxygen atoms in total. The summed E-state index contributed by atoms with van der Waals surface area (Å²) in [6.07, 6.45) is 3.98. The number of ether oxygens (including phenoxy) is 1. The van der Waals surface area contributed by atoms with E-state index >= 15 is 0 Å². The topological polar surface area (TPSA) is 26.3 Å². The largest absolute Gasteiger partial charge is 0.456 e. The van der Waals surface area contributed by atoms with Crippen LogP contribution in [0.25, 0.3) is 0 Å². The maximum atomic E-state index is 10.7. The number of esters is 1. The van der Waals surface area contributed by atoms with E-state index in [0.717, 1.165) is 0 Å². The highest BCUT2D eigenvalue weighted by molar-refractivity contribution is 5.66. The zero-order valence-corrected chi connectivity index (χ0v) is 9.47. The minimum Gasteiger partial charge on any atom is -0.456 e. The highest BCUT2D eigenvalue weighted by Gasteiger charge is 2.18. The van der Waals surface area contributed by atoms with Crippen molar-refractivity contribution in [1.82, 2.24) is 0 Å². The first-order valence-corrected chi connectivity index (χ1v) is 4.52. The fourth-order valence-corrected chi connectivity index (χ4v) is 0.855. The maximum absolute atomic E-state index is 10.7. The Balaban J connectivity index is 4.33. The molecule has 0 bridgehead atoms. The van der Waals surface area contributed by atoms with Gasteiger partial charge in [-0.05, 0) is 25.3 Å². The van der Waals surface area contributed by atoms with Gasteiger partial charge < -0.3 is 4.74 Å². The first kappa shape index (κ1) is 12.2. The van der Waals surface area contributed by atoms with Gasteiger partial charge in [-0.2, -0.15) is 0 Å². The highest BCUT2D eigenvalue weighted by atomic mass is 16.6. The zero-order valence-electron chi connectivity index (χ0n) is 9.47. The quantitative estimate of drug-likeness (QED) is 0.487. The molecule has 0 aliphatic heterocycles. The molecule has 0 radical (unpaired) electrons. The summed E-state index contributed by atoms with van der Waals surface area (Å²) in [5.41, 5.74) is -0.378. The third-order valence-electron chi connectivity index (χ3n) is 1.39. The number of carbonyl (C=O) groups is 1. The molecule has 2 heteroatoms. The van der Waals surface area contributed by atoms with Crippen molar-refractivity contribution in [3.63, 3.8) is 0 Å². The minimum atomic E-state index is -0.501. The fourth-order valence-electron chi connectivity index (χ4n) is 0.855. The Morgan fingerprint density at radius 2 is 1.54 bits per heavy atom. The SMILES string of the molecule is CC(=O)OC(C)(C)C=CC(C)(C)C. The summed E-state index contributed by atoms with van der Waals surface area (Å²) in [5.74, 6) is -0.247. The lowest BCUT2D eigenvalue weighted by molar-refractivity contribution is -0.149. The van der Waals surface area contributed by atoms with Gasteiger partial charge in [0.25, 0.3) is 0 Å². The second kappa shape index (κ2) is 3.95. The minimum absolute atomic E-state index is 0.122. The van der Waals surface area contributed by atoms with Crippen molar-refractivity contribution in [3.05, 3.63) is 12.2 Å². The Kier molecular flexibility index (Phi) is 3.71. The van der Waals surface area contributed by atoms with Crippen LogP contribution in [0.2, 0.25) is 0 Å². The molecule has 0 N–H and O–H groups in total. The van der Waals surface area contributed by atoms with Crippen LogP contribution in [0, 0.1) is 5.41 Å². The summed E-state index contributed by atoms with van der Waals surface area (Å²) in [7, 11) is 0. The van der Waals surface area contributed by atoms with Gasteiger partial charge in [0.1, 0.15) is 5.60 Å². The second-order valence-electron chi connectivity index (χ2n) is 4.90. The van der Waals surface area contributed by atoms with Crippen molar-refractivity contribution in [2.45, 2.75) is 47.1 Å². The summed E-state index contributed by atoms with van der Waals surface area (Å²) in [6, 6.07) is 0. The molecule has 0 aromatic carbocycles. The van der Waals surface area contributed by atoms with Gasteiger partial charge in [-0.1, -0.05) is 26.8 Å². The molecule has 0 aromatic rings. The molecule has 0 aliphatic rings. The first-order chi connectivity index (χ1) is 5.62. The zero-order chi connectivity index (χ0) is 10.7. The molecule has 0 saturated heterocycles. The second-order valence-corrected chi connectivity index (χ2v) is 4.90. The van der Waals surface area contributed by atoms with Crippen molar-refractivity contribution in [2.24, 2.45) is 5.41 Å². The van der Waals surface area contributed by atoms with Crippen LogP contribution in [-0.2, 0) is 9.53 Å². The van der Waals surface area contributed by atoms with Crippen molar-refractivity contribution in [1.29, 1.82) is 0 Å². The van der Waals surface area contributed by atoms with Gasteiger partial charge >= 0.3 is 5.97 Å². The monoisotopic (exact) mass is 184 g/mol. The number of rotatable bonds is 2. The average molecular weight is 184 g/mol. The molecular weight excluding hydrogens is 164 g/mol. The first-order valence-electron chi connectivity index (χ1n) is 4.52. The smallest absolute Gasteiger partial charge is 0.303 e. The van der Waals surface area contributed by atoms with Gasteiger partial charge in [0.15, 0.2) is 0 Å². The summed E-state index contributed by atoms with van der Waals surface area (Å²) < 4.78 is 5.11. The van der Waals surface area contributed by atoms with E-state index < -0.39 is 5.60 Å². The van der Waals surface area contributed by atoms with Crippen molar-refractivity contribution >= 4 is 5.97 Å². The molecular formula is C11H20O2. The molecule has 0 aromatic heterocycles. The van der Waals surface area contributed by atoms with Gasteiger partial charge in [-0.3, -0.25) is 4.79 Å². The lowest BCUT2D eigenvalue weighted by Crippen LogP contribution is -2.24. The van der Waals surface area contributed by atoms with Crippen molar-refractivity contribution in [2.75, 3.05) is 0 Å². The molecule has 0 amide bonds. The Morgan fingerprint density at radius 3 is 1.85 bits per heavy atom. The molecule has 76 valence electrons. The Bertz CT molecular complexity index is 207. The van der Waals surface area contributed by atoms with E-state index in [0.29, 0.717) is 0 Å². The van der Waals surface area contributed by atoms with Crippen LogP contribution in [0.15, 0.2) is 12.2 Å². The Morgan fingerprint density at radius 1 is 1.08 bits per heavy atom. The number of allylic oxidation sites excluding steroid dienone is 1. The normalized spacial score (nSPS) is 13.4. The Labute approximate surface area is 81.0 Å². The van der Waals surface area contributed by atoms with E-state index in [1.165, 1.54) is 6.92 Å². The van der Waals surface area contributed by atoms with Gasteiger partial charge in [0, 0.05) is 6.92 Å². The van der Waals surface area contributed by atoms with Gasteiger partial charge in [-0.25, -0.2) is 0 Å². The van der Waals surface area contributed by atoms with Crippen LogP contribution in [0.5, 0.6) is 0 Å². The van der Waals surface area contributed by atoms with Gasteiger partial charge in [-0.15, -0.1) is 0 Å². The molecule has 0 aliphatic carbocycles. The van der Waals surface area contributed by atoms with E-state index in [1.54, 1.807) is 0 Å². The molecule has 0 atom stereocenters. The molecule has 13 heavy (non-hydrogen) atoms. The highest BCUT2D eigenvalue weighted by Crippen LogP contribution is 2.19. The third-order valence-corrected chi connectivity index (χ3v) is 1.39. The number of hydrogen-bond donors (Lipinski definition) is 0. The number of hydrogen-bond acceptors (Lipinski definition) is 2. The van der Waals surface area contributed by atoms with Crippen LogP contribution in [0.1, 0.15) is 41.5 Å². The molecule has 0 saturated carbocycles. The fraction of sp³-hybridized carbons (Fsp3) is 0.727. The lowest BCUT2D eigenvalue weighted by atomic mass is 9.93. The molecule has 0 rings (SSSR count). The molecule has 0 spiro atoms. The van der Waals surface area contributed by atoms with Crippen LogP contribution >= 0.6 is 0 Å².